The standard InChI is InChI=1S/C15H20ClN3OS2.2ClH/c1-2-3-4-10(8-17)18-14(20)7-11-9-21-15(19-11)12-5-6-13(16)22-12;;/h5-6,9-10H,2-4,7-8,17H2,1H3,(H,18,20);2*1H. The highest BCUT2D eigenvalue weighted by Crippen LogP contribution is 2.32. The summed E-state index contributed by atoms with van der Waals surface area (Å²) in [4.78, 5) is 17.6. The minimum absolute atomic E-state index is 0. The maximum atomic E-state index is 12.1. The van der Waals surface area contributed by atoms with Crippen LogP contribution < -0.4 is 11.1 Å². The summed E-state index contributed by atoms with van der Waals surface area (Å²) in [6.45, 7) is 2.60. The van der Waals surface area contributed by atoms with Crippen LogP contribution in [0, 0.1) is 0 Å². The zero-order valence-corrected chi connectivity index (χ0v) is 17.3. The number of nitrogens with zero attached hydrogens (tertiary/aromatic N) is 1. The Bertz CT molecular complexity index is 619. The van der Waals surface area contributed by atoms with Crippen molar-refractivity contribution in [1.29, 1.82) is 0 Å². The van der Waals surface area contributed by atoms with Gasteiger partial charge in [-0.3, -0.25) is 4.79 Å². The minimum Gasteiger partial charge on any atom is -0.352 e. The third-order valence-corrected chi connectivity index (χ3v) is 5.52. The summed E-state index contributed by atoms with van der Waals surface area (Å²) < 4.78 is 0.742. The van der Waals surface area contributed by atoms with Crippen molar-refractivity contribution in [2.24, 2.45) is 5.73 Å². The number of amides is 1. The fourth-order valence-electron chi connectivity index (χ4n) is 2.07. The smallest absolute Gasteiger partial charge is 0.226 e. The molecule has 2 aromatic heterocycles. The van der Waals surface area contributed by atoms with Crippen molar-refractivity contribution in [1.82, 2.24) is 10.3 Å². The normalized spacial score (nSPS) is 11.3. The second-order valence-electron chi connectivity index (χ2n) is 5.07. The molecule has 0 fully saturated rings. The molecule has 1 atom stereocenters. The van der Waals surface area contributed by atoms with E-state index in [0.29, 0.717) is 6.54 Å². The second-order valence-corrected chi connectivity index (χ2v) is 7.64. The lowest BCUT2D eigenvalue weighted by molar-refractivity contribution is -0.121. The van der Waals surface area contributed by atoms with Crippen LogP contribution in [0.1, 0.15) is 31.9 Å². The van der Waals surface area contributed by atoms with E-state index >= 15 is 0 Å². The summed E-state index contributed by atoms with van der Waals surface area (Å²) in [6, 6.07) is 3.86. The molecular weight excluding hydrogens is 409 g/mol. The molecule has 0 aliphatic heterocycles. The minimum atomic E-state index is -0.0207. The number of hydrogen-bond donors (Lipinski definition) is 2. The number of thiazole rings is 1. The Balaban J connectivity index is 0.00000264. The molecule has 0 aliphatic carbocycles. The van der Waals surface area contributed by atoms with Crippen molar-refractivity contribution in [3.63, 3.8) is 0 Å². The van der Waals surface area contributed by atoms with E-state index in [0.717, 1.165) is 39.2 Å². The predicted octanol–water partition coefficient (Wildman–Crippen LogP) is 4.54. The van der Waals surface area contributed by atoms with Crippen LogP contribution in [0.5, 0.6) is 0 Å². The largest absolute Gasteiger partial charge is 0.352 e. The first-order chi connectivity index (χ1) is 10.6. The molecule has 2 heterocycles. The third-order valence-electron chi connectivity index (χ3n) is 3.23. The highest BCUT2D eigenvalue weighted by atomic mass is 35.5. The molecule has 2 rings (SSSR count). The van der Waals surface area contributed by atoms with Crippen LogP contribution in [0.3, 0.4) is 0 Å². The van der Waals surface area contributed by atoms with Crippen LogP contribution in [0.2, 0.25) is 4.34 Å². The van der Waals surface area contributed by atoms with Crippen LogP contribution in [0.25, 0.3) is 9.88 Å². The van der Waals surface area contributed by atoms with E-state index in [4.69, 9.17) is 17.3 Å². The van der Waals surface area contributed by atoms with Gasteiger partial charge in [0.1, 0.15) is 5.01 Å². The van der Waals surface area contributed by atoms with Crippen molar-refractivity contribution in [3.05, 3.63) is 27.5 Å². The number of nitrogens with one attached hydrogen (secondary N) is 1. The molecule has 0 bridgehead atoms. The van der Waals surface area contributed by atoms with Gasteiger partial charge in [0, 0.05) is 18.0 Å². The number of thiophene rings is 1. The Labute approximate surface area is 168 Å². The number of halogens is 3. The number of carbonyl (C=O) groups excluding carboxylic acids is 1. The third kappa shape index (κ3) is 7.25. The van der Waals surface area contributed by atoms with E-state index in [1.807, 2.05) is 17.5 Å². The quantitative estimate of drug-likeness (QED) is 0.645. The average Bonchev–Trinajstić information content (AvgIpc) is 3.12. The summed E-state index contributed by atoms with van der Waals surface area (Å²) in [7, 11) is 0. The van der Waals surface area contributed by atoms with E-state index in [9.17, 15) is 4.79 Å². The fourth-order valence-corrected chi connectivity index (χ4v) is 4.01. The van der Waals surface area contributed by atoms with E-state index in [1.165, 1.54) is 22.7 Å². The summed E-state index contributed by atoms with van der Waals surface area (Å²) >= 11 is 8.96. The van der Waals surface area contributed by atoms with Gasteiger partial charge >= 0.3 is 0 Å². The van der Waals surface area contributed by atoms with Crippen molar-refractivity contribution in [2.45, 2.75) is 38.6 Å². The maximum absolute atomic E-state index is 12.1. The molecule has 9 heteroatoms. The molecule has 0 saturated carbocycles. The second kappa shape index (κ2) is 12.1. The van der Waals surface area contributed by atoms with E-state index < -0.39 is 0 Å². The molecule has 0 saturated heterocycles. The monoisotopic (exact) mass is 429 g/mol. The first-order valence-corrected chi connectivity index (χ1v) is 9.39. The van der Waals surface area contributed by atoms with Gasteiger partial charge < -0.3 is 11.1 Å². The van der Waals surface area contributed by atoms with Crippen LogP contribution in [0.15, 0.2) is 17.5 Å². The van der Waals surface area contributed by atoms with Gasteiger partial charge in [-0.1, -0.05) is 31.4 Å². The highest BCUT2D eigenvalue weighted by Gasteiger charge is 2.13. The van der Waals surface area contributed by atoms with Gasteiger partial charge in [-0.15, -0.1) is 47.5 Å². The number of aromatic nitrogens is 1. The Morgan fingerprint density at radius 3 is 2.75 bits per heavy atom. The first-order valence-electron chi connectivity index (χ1n) is 7.32. The molecule has 24 heavy (non-hydrogen) atoms. The molecule has 0 spiro atoms. The van der Waals surface area contributed by atoms with Gasteiger partial charge in [0.25, 0.3) is 0 Å². The zero-order valence-electron chi connectivity index (χ0n) is 13.3. The number of hydrogen-bond acceptors (Lipinski definition) is 5. The van der Waals surface area contributed by atoms with Crippen molar-refractivity contribution < 1.29 is 4.79 Å². The van der Waals surface area contributed by atoms with Crippen LogP contribution in [-0.2, 0) is 11.2 Å². The number of carbonyl (C=O) groups is 1. The van der Waals surface area contributed by atoms with Gasteiger partial charge in [0.05, 0.1) is 21.3 Å². The van der Waals surface area contributed by atoms with E-state index in [2.05, 4.69) is 17.2 Å². The summed E-state index contributed by atoms with van der Waals surface area (Å²) in [5.74, 6) is -0.0207. The molecule has 1 unspecified atom stereocenters. The lowest BCUT2D eigenvalue weighted by Crippen LogP contribution is -2.40. The molecule has 1 amide bonds. The summed E-state index contributed by atoms with van der Waals surface area (Å²) in [5.41, 5.74) is 6.48. The molecule has 3 N–H and O–H groups in total. The topological polar surface area (TPSA) is 68.0 Å². The number of nitrogens with two attached hydrogens (primary N) is 1. The fraction of sp³-hybridized carbons (Fsp3) is 0.467. The van der Waals surface area contributed by atoms with Gasteiger partial charge in [-0.05, 0) is 18.6 Å². The molecule has 136 valence electrons. The van der Waals surface area contributed by atoms with E-state index in [-0.39, 0.29) is 43.2 Å². The highest BCUT2D eigenvalue weighted by molar-refractivity contribution is 7.23. The van der Waals surface area contributed by atoms with Gasteiger partial charge in [0.15, 0.2) is 0 Å². The molecular formula is C15H22Cl3N3OS2. The van der Waals surface area contributed by atoms with Crippen molar-refractivity contribution >= 4 is 65.0 Å². The number of rotatable bonds is 8. The summed E-state index contributed by atoms with van der Waals surface area (Å²) in [6.07, 6.45) is 3.39. The lowest BCUT2D eigenvalue weighted by atomic mass is 10.1. The maximum Gasteiger partial charge on any atom is 0.226 e. The van der Waals surface area contributed by atoms with Crippen LogP contribution in [0.4, 0.5) is 0 Å². The van der Waals surface area contributed by atoms with Crippen molar-refractivity contribution in [2.75, 3.05) is 6.54 Å². The molecule has 4 nitrogen and oxygen atoms in total. The van der Waals surface area contributed by atoms with Gasteiger partial charge in [-0.2, -0.15) is 0 Å². The van der Waals surface area contributed by atoms with E-state index in [1.54, 1.807) is 0 Å². The molecule has 0 radical (unpaired) electrons. The predicted molar refractivity (Wildman–Crippen MR) is 109 cm³/mol. The molecule has 2 aromatic rings. The number of unbranched alkanes of at least 4 members (excludes halogenated alkanes) is 1. The van der Waals surface area contributed by atoms with Gasteiger partial charge in [0.2, 0.25) is 5.91 Å². The molecule has 0 aromatic carbocycles. The Morgan fingerprint density at radius 2 is 2.17 bits per heavy atom. The van der Waals surface area contributed by atoms with Crippen molar-refractivity contribution in [3.8, 4) is 9.88 Å². The molecule has 0 aliphatic rings. The first kappa shape index (κ1) is 23.6. The SMILES string of the molecule is CCCCC(CN)NC(=O)Cc1csc(-c2ccc(Cl)s2)n1.Cl.Cl. The Hall–Kier alpha value is -0.370. The van der Waals surface area contributed by atoms with Gasteiger partial charge in [-0.25, -0.2) is 4.98 Å². The Kier molecular flexibility index (Phi) is 11.9. The average molecular weight is 431 g/mol. The summed E-state index contributed by atoms with van der Waals surface area (Å²) in [5, 5.41) is 5.81. The van der Waals surface area contributed by atoms with Crippen LogP contribution >= 0.6 is 59.1 Å². The van der Waals surface area contributed by atoms with Crippen LogP contribution in [-0.4, -0.2) is 23.5 Å². The Morgan fingerprint density at radius 1 is 1.42 bits per heavy atom. The zero-order chi connectivity index (χ0) is 15.9. The lowest BCUT2D eigenvalue weighted by Gasteiger charge is -2.15.